The Bertz CT molecular complexity index is 912. The third-order valence-electron chi connectivity index (χ3n) is 3.43. The molecule has 0 aliphatic carbocycles. The van der Waals surface area contributed by atoms with E-state index in [-0.39, 0.29) is 26.3 Å². The molecular formula is C17H19BrF3N3O4S. The van der Waals surface area contributed by atoms with E-state index in [9.17, 15) is 21.6 Å². The number of sulfonamides is 1. The van der Waals surface area contributed by atoms with Crippen LogP contribution in [0.5, 0.6) is 5.88 Å². The molecule has 1 aromatic carbocycles. The van der Waals surface area contributed by atoms with Gasteiger partial charge in [-0.25, -0.2) is 4.98 Å². The summed E-state index contributed by atoms with van der Waals surface area (Å²) in [5.41, 5.74) is -0.509. The maximum absolute atomic E-state index is 13.1. The van der Waals surface area contributed by atoms with Crippen molar-refractivity contribution in [3.05, 3.63) is 47.1 Å². The summed E-state index contributed by atoms with van der Waals surface area (Å²) in [6.45, 7) is 0.780. The predicted octanol–water partition coefficient (Wildman–Crippen LogP) is 3.82. The zero-order chi connectivity index (χ0) is 21.7. The molecule has 0 aliphatic rings. The van der Waals surface area contributed by atoms with Gasteiger partial charge in [0, 0.05) is 17.2 Å². The van der Waals surface area contributed by atoms with Crippen molar-refractivity contribution in [2.75, 3.05) is 31.7 Å². The number of halogens is 4. The SMILES string of the molecule is CN(C)CCCOc1ncc(Br)cc1N(OC(F)(F)F)S(=O)(=O)c1ccccc1. The Hall–Kier alpha value is -1.89. The Kier molecular flexibility index (Phi) is 7.86. The van der Waals surface area contributed by atoms with Crippen molar-refractivity contribution in [3.63, 3.8) is 0 Å². The van der Waals surface area contributed by atoms with E-state index >= 15 is 0 Å². The van der Waals surface area contributed by atoms with Crippen molar-refractivity contribution < 1.29 is 31.2 Å². The molecule has 7 nitrogen and oxygen atoms in total. The van der Waals surface area contributed by atoms with Gasteiger partial charge in [-0.3, -0.25) is 0 Å². The van der Waals surface area contributed by atoms with Gasteiger partial charge in [0.15, 0.2) is 0 Å². The summed E-state index contributed by atoms with van der Waals surface area (Å²) in [5.74, 6) is -0.310. The Morgan fingerprint density at radius 1 is 1.17 bits per heavy atom. The molecule has 2 rings (SSSR count). The highest BCUT2D eigenvalue weighted by Gasteiger charge is 2.41. The highest BCUT2D eigenvalue weighted by atomic mass is 79.9. The summed E-state index contributed by atoms with van der Waals surface area (Å²) in [7, 11) is -1.02. The number of anilines is 1. The van der Waals surface area contributed by atoms with Crippen LogP contribution < -0.4 is 9.21 Å². The predicted molar refractivity (Wildman–Crippen MR) is 104 cm³/mol. The number of aromatic nitrogens is 1. The number of ether oxygens (including phenoxy) is 1. The maximum Gasteiger partial charge on any atom is 0.544 e. The number of rotatable bonds is 9. The van der Waals surface area contributed by atoms with Gasteiger partial charge < -0.3 is 9.64 Å². The minimum absolute atomic E-state index is 0.116. The van der Waals surface area contributed by atoms with Crippen LogP contribution in [0.4, 0.5) is 18.9 Å². The summed E-state index contributed by atoms with van der Waals surface area (Å²) >= 11 is 3.09. The molecule has 160 valence electrons. The first-order valence-corrected chi connectivity index (χ1v) is 10.5. The van der Waals surface area contributed by atoms with Gasteiger partial charge >= 0.3 is 6.36 Å². The lowest BCUT2D eigenvalue weighted by Gasteiger charge is -2.25. The van der Waals surface area contributed by atoms with E-state index in [2.05, 4.69) is 25.8 Å². The standard InChI is InChI=1S/C17H19BrF3N3O4S/c1-23(2)9-6-10-27-16-15(11-13(18)12-22-16)24(28-17(19,20)21)29(25,26)14-7-4-3-5-8-14/h3-5,7-8,11-12H,6,9-10H2,1-2H3. The lowest BCUT2D eigenvalue weighted by atomic mass is 10.4. The molecule has 0 bridgehead atoms. The minimum Gasteiger partial charge on any atom is -0.476 e. The molecule has 12 heteroatoms. The normalized spacial score (nSPS) is 12.2. The highest BCUT2D eigenvalue weighted by Crippen LogP contribution is 2.36. The van der Waals surface area contributed by atoms with Crippen molar-refractivity contribution >= 4 is 31.6 Å². The maximum atomic E-state index is 13.1. The highest BCUT2D eigenvalue weighted by molar-refractivity contribution is 9.10. The van der Waals surface area contributed by atoms with Gasteiger partial charge in [-0.15, -0.1) is 17.6 Å². The van der Waals surface area contributed by atoms with Gasteiger partial charge in [-0.2, -0.15) is 13.3 Å². The quantitative estimate of drug-likeness (QED) is 0.387. The third kappa shape index (κ3) is 6.84. The molecule has 0 fully saturated rings. The number of alkyl halides is 3. The Morgan fingerprint density at radius 3 is 2.41 bits per heavy atom. The number of nitrogens with zero attached hydrogens (tertiary/aromatic N) is 3. The van der Waals surface area contributed by atoms with Crippen molar-refractivity contribution in [3.8, 4) is 5.88 Å². The van der Waals surface area contributed by atoms with Crippen molar-refractivity contribution in [2.45, 2.75) is 17.7 Å². The van der Waals surface area contributed by atoms with E-state index in [1.54, 1.807) is 0 Å². The van der Waals surface area contributed by atoms with Crippen molar-refractivity contribution in [1.82, 2.24) is 9.88 Å². The lowest BCUT2D eigenvalue weighted by Crippen LogP contribution is -2.37. The van der Waals surface area contributed by atoms with E-state index in [1.807, 2.05) is 19.0 Å². The van der Waals surface area contributed by atoms with Crippen LogP contribution >= 0.6 is 15.9 Å². The van der Waals surface area contributed by atoms with Crippen molar-refractivity contribution in [2.24, 2.45) is 0 Å². The largest absolute Gasteiger partial charge is 0.544 e. The molecule has 0 aliphatic heterocycles. The molecule has 0 atom stereocenters. The van der Waals surface area contributed by atoms with Gasteiger partial charge in [0.1, 0.15) is 5.69 Å². The Labute approximate surface area is 175 Å². The number of hydrogen-bond donors (Lipinski definition) is 0. The van der Waals surface area contributed by atoms with E-state index in [0.717, 1.165) is 18.2 Å². The average molecular weight is 498 g/mol. The third-order valence-corrected chi connectivity index (χ3v) is 5.44. The second kappa shape index (κ2) is 9.74. The molecular weight excluding hydrogens is 479 g/mol. The van der Waals surface area contributed by atoms with Gasteiger partial charge in [-0.05, 0) is 54.6 Å². The van der Waals surface area contributed by atoms with Crippen LogP contribution in [0.2, 0.25) is 0 Å². The molecule has 0 saturated carbocycles. The molecule has 0 saturated heterocycles. The van der Waals surface area contributed by atoms with Gasteiger partial charge in [0.2, 0.25) is 5.88 Å². The summed E-state index contributed by atoms with van der Waals surface area (Å²) in [5, 5.41) is 0. The van der Waals surface area contributed by atoms with E-state index in [0.29, 0.717) is 13.0 Å². The summed E-state index contributed by atoms with van der Waals surface area (Å²) in [4.78, 5) is 9.31. The molecule has 0 radical (unpaired) electrons. The summed E-state index contributed by atoms with van der Waals surface area (Å²) in [6, 6.07) is 7.75. The van der Waals surface area contributed by atoms with Crippen LogP contribution in [0.1, 0.15) is 6.42 Å². The van der Waals surface area contributed by atoms with Crippen LogP contribution in [0.15, 0.2) is 52.0 Å². The van der Waals surface area contributed by atoms with Crippen LogP contribution in [-0.4, -0.2) is 51.9 Å². The van der Waals surface area contributed by atoms with Crippen LogP contribution in [0.25, 0.3) is 0 Å². The molecule has 1 heterocycles. The monoisotopic (exact) mass is 497 g/mol. The fraction of sp³-hybridized carbons (Fsp3) is 0.353. The smallest absolute Gasteiger partial charge is 0.476 e. The first-order chi connectivity index (χ1) is 13.5. The number of hydrogen-bond acceptors (Lipinski definition) is 6. The fourth-order valence-electron chi connectivity index (χ4n) is 2.22. The topological polar surface area (TPSA) is 72.0 Å². The fourth-order valence-corrected chi connectivity index (χ4v) is 3.80. The summed E-state index contributed by atoms with van der Waals surface area (Å²) in [6.07, 6.45) is -3.44. The Morgan fingerprint density at radius 2 is 1.83 bits per heavy atom. The van der Waals surface area contributed by atoms with Crippen LogP contribution in [-0.2, 0) is 14.9 Å². The molecule has 0 N–H and O–H groups in total. The number of benzene rings is 1. The molecule has 0 spiro atoms. The zero-order valence-electron chi connectivity index (χ0n) is 15.6. The minimum atomic E-state index is -5.27. The molecule has 2 aromatic rings. The lowest BCUT2D eigenvalue weighted by molar-refractivity contribution is -0.322. The second-order valence-electron chi connectivity index (χ2n) is 6.07. The van der Waals surface area contributed by atoms with Crippen LogP contribution in [0.3, 0.4) is 0 Å². The van der Waals surface area contributed by atoms with Gasteiger partial charge in [-0.1, -0.05) is 18.2 Å². The van der Waals surface area contributed by atoms with E-state index < -0.39 is 22.1 Å². The van der Waals surface area contributed by atoms with Crippen molar-refractivity contribution in [1.29, 1.82) is 0 Å². The average Bonchev–Trinajstić information content (AvgIpc) is 2.64. The molecule has 1 aromatic heterocycles. The second-order valence-corrected chi connectivity index (χ2v) is 8.73. The van der Waals surface area contributed by atoms with Gasteiger partial charge in [0.05, 0.1) is 11.5 Å². The van der Waals surface area contributed by atoms with E-state index in [1.165, 1.54) is 24.4 Å². The zero-order valence-corrected chi connectivity index (χ0v) is 18.0. The molecule has 0 amide bonds. The molecule has 0 unspecified atom stereocenters. The van der Waals surface area contributed by atoms with Gasteiger partial charge in [0.25, 0.3) is 10.0 Å². The van der Waals surface area contributed by atoms with Crippen LogP contribution in [0, 0.1) is 0 Å². The molecule has 29 heavy (non-hydrogen) atoms. The first-order valence-electron chi connectivity index (χ1n) is 8.30. The van der Waals surface area contributed by atoms with E-state index in [4.69, 9.17) is 4.74 Å². The summed E-state index contributed by atoms with van der Waals surface area (Å²) < 4.78 is 70.4. The Balaban J connectivity index is 2.46. The number of pyridine rings is 1. The first kappa shape index (κ1) is 23.4.